The van der Waals surface area contributed by atoms with Crippen LogP contribution in [-0.2, 0) is 4.74 Å². The number of aromatic nitrogens is 5. The monoisotopic (exact) mass is 375 g/mol. The number of aliphatic hydroxyl groups is 3. The van der Waals surface area contributed by atoms with Gasteiger partial charge in [0.2, 0.25) is 0 Å². The van der Waals surface area contributed by atoms with Gasteiger partial charge >= 0.3 is 0 Å². The van der Waals surface area contributed by atoms with Gasteiger partial charge in [0.25, 0.3) is 0 Å². The molecule has 1 saturated heterocycles. The molecule has 3 aromatic rings. The summed E-state index contributed by atoms with van der Waals surface area (Å²) in [7, 11) is 0. The molecule has 1 aliphatic heterocycles. The number of ether oxygens (including phenoxy) is 1. The Bertz CT molecular complexity index is 923. The standard InChI is InChI=1S/C18H25N5O4/c1-2-3-4-5-12(25)11-7-19-17-16-18(21-10-22(11)17)23(9-20-16)15-6-13(26)14(8-24)27-15/h7,9-10,12-15,24-26H,2-6,8H2,1H3/t12-,13-,14+,15+/m0/s1. The van der Waals surface area contributed by atoms with E-state index in [2.05, 4.69) is 21.9 Å². The quantitative estimate of drug-likeness (QED) is 0.533. The molecule has 4 rings (SSSR count). The molecular formula is C18H25N5O4. The van der Waals surface area contributed by atoms with Gasteiger partial charge in [-0.05, 0) is 6.42 Å². The summed E-state index contributed by atoms with van der Waals surface area (Å²) in [5.41, 5.74) is 2.53. The highest BCUT2D eigenvalue weighted by Gasteiger charge is 2.35. The number of hydrogen-bond donors (Lipinski definition) is 3. The summed E-state index contributed by atoms with van der Waals surface area (Å²) in [5, 5.41) is 29.7. The van der Waals surface area contributed by atoms with E-state index < -0.39 is 24.5 Å². The van der Waals surface area contributed by atoms with E-state index in [1.54, 1.807) is 27.8 Å². The maximum Gasteiger partial charge on any atom is 0.168 e. The van der Waals surface area contributed by atoms with Gasteiger partial charge in [0.1, 0.15) is 18.7 Å². The molecule has 3 aromatic heterocycles. The Morgan fingerprint density at radius 2 is 2.07 bits per heavy atom. The minimum Gasteiger partial charge on any atom is -0.394 e. The smallest absolute Gasteiger partial charge is 0.168 e. The van der Waals surface area contributed by atoms with Crippen LogP contribution in [0.15, 0.2) is 18.9 Å². The van der Waals surface area contributed by atoms with Crippen molar-refractivity contribution in [3.8, 4) is 0 Å². The molecule has 0 amide bonds. The lowest BCUT2D eigenvalue weighted by molar-refractivity contribution is -0.0432. The Labute approximate surface area is 156 Å². The van der Waals surface area contributed by atoms with E-state index in [0.717, 1.165) is 19.3 Å². The molecule has 1 fully saturated rings. The zero-order valence-corrected chi connectivity index (χ0v) is 15.3. The fraction of sp³-hybridized carbons (Fsp3) is 0.611. The van der Waals surface area contributed by atoms with E-state index in [4.69, 9.17) is 4.74 Å². The lowest BCUT2D eigenvalue weighted by Gasteiger charge is -2.13. The summed E-state index contributed by atoms with van der Waals surface area (Å²) in [4.78, 5) is 13.4. The molecule has 0 radical (unpaired) electrons. The Balaban J connectivity index is 1.65. The van der Waals surface area contributed by atoms with Gasteiger partial charge in [-0.1, -0.05) is 26.2 Å². The van der Waals surface area contributed by atoms with Crippen LogP contribution in [0, 0.1) is 0 Å². The highest BCUT2D eigenvalue weighted by molar-refractivity contribution is 5.85. The highest BCUT2D eigenvalue weighted by Crippen LogP contribution is 2.31. The van der Waals surface area contributed by atoms with Gasteiger partial charge in [0.15, 0.2) is 16.8 Å². The van der Waals surface area contributed by atoms with Gasteiger partial charge in [-0.25, -0.2) is 15.0 Å². The average molecular weight is 375 g/mol. The van der Waals surface area contributed by atoms with Crippen molar-refractivity contribution in [2.75, 3.05) is 6.61 Å². The van der Waals surface area contributed by atoms with Crippen LogP contribution in [0.5, 0.6) is 0 Å². The second kappa shape index (κ2) is 7.51. The minimum absolute atomic E-state index is 0.235. The summed E-state index contributed by atoms with van der Waals surface area (Å²) < 4.78 is 9.23. The van der Waals surface area contributed by atoms with Gasteiger partial charge in [0, 0.05) is 6.42 Å². The third-order valence-corrected chi connectivity index (χ3v) is 5.22. The molecule has 0 aromatic carbocycles. The lowest BCUT2D eigenvalue weighted by Crippen LogP contribution is -2.24. The van der Waals surface area contributed by atoms with Gasteiger partial charge in [-0.3, -0.25) is 8.97 Å². The van der Waals surface area contributed by atoms with Crippen LogP contribution in [0.25, 0.3) is 16.8 Å². The maximum atomic E-state index is 10.5. The summed E-state index contributed by atoms with van der Waals surface area (Å²) in [6, 6.07) is 0. The number of fused-ring (bicyclic) bond motifs is 3. The second-order valence-corrected chi connectivity index (χ2v) is 7.07. The number of unbranched alkanes of at least 4 members (excludes halogenated alkanes) is 2. The molecule has 0 unspecified atom stereocenters. The molecule has 146 valence electrons. The SMILES string of the molecule is CCCCC[C@H](O)c1cnc2c3ncn([C@H]4C[C@H](O)[C@@H](CO)O4)c3ncn12. The number of hydrogen-bond acceptors (Lipinski definition) is 7. The molecule has 4 heterocycles. The minimum atomic E-state index is -0.725. The summed E-state index contributed by atoms with van der Waals surface area (Å²) in [5.74, 6) is 0. The van der Waals surface area contributed by atoms with E-state index in [1.165, 1.54) is 0 Å². The van der Waals surface area contributed by atoms with Gasteiger partial charge in [-0.2, -0.15) is 0 Å². The zero-order chi connectivity index (χ0) is 19.0. The average Bonchev–Trinajstić information content (AvgIpc) is 3.36. The zero-order valence-electron chi connectivity index (χ0n) is 15.3. The fourth-order valence-corrected chi connectivity index (χ4v) is 3.67. The summed E-state index contributed by atoms with van der Waals surface area (Å²) in [6.45, 7) is 1.90. The van der Waals surface area contributed by atoms with E-state index in [9.17, 15) is 15.3 Å². The molecule has 0 aliphatic carbocycles. The van der Waals surface area contributed by atoms with Crippen LogP contribution in [0.4, 0.5) is 0 Å². The number of nitrogens with zero attached hydrogens (tertiary/aromatic N) is 5. The molecular weight excluding hydrogens is 350 g/mol. The van der Waals surface area contributed by atoms with Crippen molar-refractivity contribution in [1.29, 1.82) is 0 Å². The topological polar surface area (TPSA) is 118 Å². The van der Waals surface area contributed by atoms with Gasteiger partial charge in [-0.15, -0.1) is 0 Å². The van der Waals surface area contributed by atoms with Crippen LogP contribution in [0.2, 0.25) is 0 Å². The van der Waals surface area contributed by atoms with E-state index in [1.807, 2.05) is 0 Å². The normalized spacial score (nSPS) is 24.2. The number of rotatable bonds is 7. The second-order valence-electron chi connectivity index (χ2n) is 7.07. The third-order valence-electron chi connectivity index (χ3n) is 5.22. The van der Waals surface area contributed by atoms with Crippen molar-refractivity contribution in [2.45, 2.75) is 63.6 Å². The molecule has 1 aliphatic rings. The highest BCUT2D eigenvalue weighted by atomic mass is 16.5. The van der Waals surface area contributed by atoms with Gasteiger partial charge in [0.05, 0.1) is 37.0 Å². The van der Waals surface area contributed by atoms with Crippen molar-refractivity contribution in [3.63, 3.8) is 0 Å². The molecule has 4 atom stereocenters. The van der Waals surface area contributed by atoms with Crippen LogP contribution < -0.4 is 0 Å². The predicted octanol–water partition coefficient (Wildman–Crippen LogP) is 1.33. The largest absolute Gasteiger partial charge is 0.394 e. The molecule has 9 nitrogen and oxygen atoms in total. The fourth-order valence-electron chi connectivity index (χ4n) is 3.67. The molecule has 0 bridgehead atoms. The van der Waals surface area contributed by atoms with E-state index in [0.29, 0.717) is 35.3 Å². The molecule has 0 saturated carbocycles. The Hall–Kier alpha value is -2.07. The van der Waals surface area contributed by atoms with E-state index >= 15 is 0 Å². The number of aliphatic hydroxyl groups excluding tert-OH is 3. The van der Waals surface area contributed by atoms with Crippen LogP contribution >= 0.6 is 0 Å². The molecule has 3 N–H and O–H groups in total. The van der Waals surface area contributed by atoms with Crippen molar-refractivity contribution in [3.05, 3.63) is 24.5 Å². The lowest BCUT2D eigenvalue weighted by atomic mass is 10.1. The van der Waals surface area contributed by atoms with Crippen LogP contribution in [-0.4, -0.2) is 58.1 Å². The Morgan fingerprint density at radius 1 is 1.22 bits per heavy atom. The molecule has 27 heavy (non-hydrogen) atoms. The summed E-state index contributed by atoms with van der Waals surface area (Å²) in [6.07, 6.45) is 6.76. The van der Waals surface area contributed by atoms with Gasteiger partial charge < -0.3 is 20.1 Å². The third kappa shape index (κ3) is 3.20. The van der Waals surface area contributed by atoms with Crippen molar-refractivity contribution in [1.82, 2.24) is 23.9 Å². The first kappa shape index (κ1) is 18.3. The van der Waals surface area contributed by atoms with E-state index in [-0.39, 0.29) is 6.61 Å². The predicted molar refractivity (Wildman–Crippen MR) is 97.0 cm³/mol. The Morgan fingerprint density at radius 3 is 2.81 bits per heavy atom. The van der Waals surface area contributed by atoms with Crippen molar-refractivity contribution in [2.24, 2.45) is 0 Å². The molecule has 0 spiro atoms. The van der Waals surface area contributed by atoms with Crippen LogP contribution in [0.3, 0.4) is 0 Å². The van der Waals surface area contributed by atoms with Crippen molar-refractivity contribution < 1.29 is 20.1 Å². The summed E-state index contributed by atoms with van der Waals surface area (Å²) >= 11 is 0. The Kier molecular flexibility index (Phi) is 5.09. The number of imidazole rings is 2. The van der Waals surface area contributed by atoms with Crippen LogP contribution in [0.1, 0.15) is 57.1 Å². The first-order chi connectivity index (χ1) is 13.1. The first-order valence-corrected chi connectivity index (χ1v) is 9.45. The maximum absolute atomic E-state index is 10.5. The molecule has 9 heteroatoms. The van der Waals surface area contributed by atoms with Crippen molar-refractivity contribution >= 4 is 16.8 Å². The first-order valence-electron chi connectivity index (χ1n) is 9.45.